The molecule has 0 amide bonds. The standard InChI is InChI=1S/C16H22O2S/c1-12-7-5-6-10-14(12)18-16(17)15(19)11-13-8-3-2-4-9-13/h2-4,8-9,12,14-15,19H,5-7,10-11H2,1H3. The molecule has 0 N–H and O–H groups in total. The van der Waals surface area contributed by atoms with Crippen LogP contribution in [0.5, 0.6) is 0 Å². The minimum absolute atomic E-state index is 0.0895. The first-order valence-corrected chi connectivity index (χ1v) is 7.61. The van der Waals surface area contributed by atoms with Crippen LogP contribution in [0.1, 0.15) is 38.2 Å². The van der Waals surface area contributed by atoms with E-state index in [4.69, 9.17) is 4.74 Å². The van der Waals surface area contributed by atoms with Crippen LogP contribution in [0, 0.1) is 5.92 Å². The first kappa shape index (κ1) is 14.4. The van der Waals surface area contributed by atoms with Crippen LogP contribution in [0.2, 0.25) is 0 Å². The molecule has 3 heteroatoms. The molecule has 0 spiro atoms. The fourth-order valence-electron chi connectivity index (χ4n) is 2.61. The number of carbonyl (C=O) groups is 1. The molecule has 0 saturated heterocycles. The first-order chi connectivity index (χ1) is 9.16. The van der Waals surface area contributed by atoms with Crippen LogP contribution >= 0.6 is 12.6 Å². The smallest absolute Gasteiger partial charge is 0.319 e. The average molecular weight is 278 g/mol. The second kappa shape index (κ2) is 6.99. The maximum Gasteiger partial charge on any atom is 0.319 e. The van der Waals surface area contributed by atoms with Crippen molar-refractivity contribution < 1.29 is 9.53 Å². The summed E-state index contributed by atoms with van der Waals surface area (Å²) >= 11 is 4.39. The molecule has 1 fully saturated rings. The van der Waals surface area contributed by atoms with Gasteiger partial charge in [-0.1, -0.05) is 43.7 Å². The summed E-state index contributed by atoms with van der Waals surface area (Å²) in [6, 6.07) is 9.95. The summed E-state index contributed by atoms with van der Waals surface area (Å²) in [6.07, 6.45) is 5.30. The Morgan fingerprint density at radius 1 is 1.32 bits per heavy atom. The predicted molar refractivity (Wildman–Crippen MR) is 80.4 cm³/mol. The third-order valence-corrected chi connectivity index (χ3v) is 4.24. The van der Waals surface area contributed by atoms with Crippen LogP contribution in [0.25, 0.3) is 0 Å². The summed E-state index contributed by atoms with van der Waals surface area (Å²) in [5.41, 5.74) is 1.12. The first-order valence-electron chi connectivity index (χ1n) is 7.09. The van der Waals surface area contributed by atoms with Gasteiger partial charge in [0.15, 0.2) is 0 Å². The number of carbonyl (C=O) groups excluding carboxylic acids is 1. The van der Waals surface area contributed by atoms with E-state index < -0.39 is 0 Å². The molecule has 104 valence electrons. The number of benzene rings is 1. The van der Waals surface area contributed by atoms with E-state index in [2.05, 4.69) is 19.6 Å². The van der Waals surface area contributed by atoms with Crippen molar-refractivity contribution in [3.8, 4) is 0 Å². The maximum atomic E-state index is 12.1. The monoisotopic (exact) mass is 278 g/mol. The molecule has 1 aliphatic carbocycles. The average Bonchev–Trinajstić information content (AvgIpc) is 2.42. The quantitative estimate of drug-likeness (QED) is 0.672. The van der Waals surface area contributed by atoms with E-state index in [0.717, 1.165) is 24.8 Å². The van der Waals surface area contributed by atoms with Gasteiger partial charge in [-0.25, -0.2) is 0 Å². The highest BCUT2D eigenvalue weighted by atomic mass is 32.1. The van der Waals surface area contributed by atoms with Crippen molar-refractivity contribution in [3.05, 3.63) is 35.9 Å². The van der Waals surface area contributed by atoms with Gasteiger partial charge in [0.1, 0.15) is 11.4 Å². The Balaban J connectivity index is 1.85. The van der Waals surface area contributed by atoms with Crippen molar-refractivity contribution in [2.45, 2.75) is 50.4 Å². The Morgan fingerprint density at radius 2 is 2.00 bits per heavy atom. The van der Waals surface area contributed by atoms with Crippen molar-refractivity contribution in [1.29, 1.82) is 0 Å². The zero-order valence-corrected chi connectivity index (χ0v) is 12.3. The van der Waals surface area contributed by atoms with Crippen LogP contribution in [0.3, 0.4) is 0 Å². The van der Waals surface area contributed by atoms with Crippen LogP contribution < -0.4 is 0 Å². The minimum atomic E-state index is -0.364. The van der Waals surface area contributed by atoms with Gasteiger partial charge >= 0.3 is 5.97 Å². The van der Waals surface area contributed by atoms with Gasteiger partial charge < -0.3 is 4.74 Å². The summed E-state index contributed by atoms with van der Waals surface area (Å²) in [6.45, 7) is 2.17. The number of thiol groups is 1. The van der Waals surface area contributed by atoms with Gasteiger partial charge in [0, 0.05) is 0 Å². The van der Waals surface area contributed by atoms with E-state index in [0.29, 0.717) is 12.3 Å². The summed E-state index contributed by atoms with van der Waals surface area (Å²) < 4.78 is 5.62. The second-order valence-electron chi connectivity index (χ2n) is 5.44. The molecule has 3 unspecified atom stereocenters. The van der Waals surface area contributed by atoms with Crippen molar-refractivity contribution >= 4 is 18.6 Å². The van der Waals surface area contributed by atoms with Crippen LogP contribution in [-0.2, 0) is 16.0 Å². The molecule has 2 nitrogen and oxygen atoms in total. The van der Waals surface area contributed by atoms with Crippen molar-refractivity contribution in [3.63, 3.8) is 0 Å². The minimum Gasteiger partial charge on any atom is -0.461 e. The number of esters is 1. The maximum absolute atomic E-state index is 12.1. The molecule has 19 heavy (non-hydrogen) atoms. The highest BCUT2D eigenvalue weighted by Gasteiger charge is 2.27. The van der Waals surface area contributed by atoms with E-state index in [-0.39, 0.29) is 17.3 Å². The van der Waals surface area contributed by atoms with Gasteiger partial charge in [0.2, 0.25) is 0 Å². The van der Waals surface area contributed by atoms with E-state index >= 15 is 0 Å². The van der Waals surface area contributed by atoms with Gasteiger partial charge in [-0.2, -0.15) is 12.6 Å². The lowest BCUT2D eigenvalue weighted by Gasteiger charge is -2.29. The Morgan fingerprint density at radius 3 is 2.68 bits per heavy atom. The third kappa shape index (κ3) is 4.27. The number of hydrogen-bond acceptors (Lipinski definition) is 3. The SMILES string of the molecule is CC1CCCCC1OC(=O)C(S)Cc1ccccc1. The molecule has 1 aromatic carbocycles. The van der Waals surface area contributed by atoms with Crippen LogP contribution in [-0.4, -0.2) is 17.3 Å². The largest absolute Gasteiger partial charge is 0.461 e. The Bertz CT molecular complexity index is 404. The number of rotatable bonds is 4. The lowest BCUT2D eigenvalue weighted by molar-refractivity contribution is -0.152. The summed E-state index contributed by atoms with van der Waals surface area (Å²) in [4.78, 5) is 12.1. The van der Waals surface area contributed by atoms with Gasteiger partial charge in [-0.05, 0) is 37.2 Å². The molecule has 0 aliphatic heterocycles. The Hall–Kier alpha value is -0.960. The summed E-state index contributed by atoms with van der Waals surface area (Å²) in [5, 5.41) is -0.364. The molecule has 3 atom stereocenters. The molecule has 2 rings (SSSR count). The molecule has 1 aromatic rings. The fraction of sp³-hybridized carbons (Fsp3) is 0.562. The molecule has 1 aliphatic rings. The Kier molecular flexibility index (Phi) is 5.32. The van der Waals surface area contributed by atoms with E-state index in [1.165, 1.54) is 6.42 Å². The topological polar surface area (TPSA) is 26.3 Å². The summed E-state index contributed by atoms with van der Waals surface area (Å²) in [5.74, 6) is 0.306. The van der Waals surface area contributed by atoms with E-state index in [9.17, 15) is 4.79 Å². The van der Waals surface area contributed by atoms with Crippen molar-refractivity contribution in [2.24, 2.45) is 5.92 Å². The summed E-state index contributed by atoms with van der Waals surface area (Å²) in [7, 11) is 0. The van der Waals surface area contributed by atoms with E-state index in [1.807, 2.05) is 30.3 Å². The zero-order chi connectivity index (χ0) is 13.7. The lowest BCUT2D eigenvalue weighted by Crippen LogP contribution is -2.32. The number of ether oxygens (including phenoxy) is 1. The number of hydrogen-bond donors (Lipinski definition) is 1. The van der Waals surface area contributed by atoms with Crippen LogP contribution in [0.4, 0.5) is 0 Å². The third-order valence-electron chi connectivity index (χ3n) is 3.84. The fourth-order valence-corrected chi connectivity index (χ4v) is 2.88. The highest BCUT2D eigenvalue weighted by Crippen LogP contribution is 2.27. The van der Waals surface area contributed by atoms with Crippen LogP contribution in [0.15, 0.2) is 30.3 Å². The molecule has 0 aromatic heterocycles. The molecule has 0 bridgehead atoms. The predicted octanol–water partition coefficient (Wildman–Crippen LogP) is 3.65. The molecular formula is C16H22O2S. The molecule has 1 saturated carbocycles. The molecular weight excluding hydrogens is 256 g/mol. The van der Waals surface area contributed by atoms with Gasteiger partial charge in [0.05, 0.1) is 0 Å². The Labute approximate surface area is 121 Å². The molecule has 0 heterocycles. The van der Waals surface area contributed by atoms with Crippen molar-refractivity contribution in [1.82, 2.24) is 0 Å². The highest BCUT2D eigenvalue weighted by molar-refractivity contribution is 7.81. The van der Waals surface area contributed by atoms with Gasteiger partial charge in [0.25, 0.3) is 0 Å². The van der Waals surface area contributed by atoms with E-state index in [1.54, 1.807) is 0 Å². The second-order valence-corrected chi connectivity index (χ2v) is 6.07. The van der Waals surface area contributed by atoms with Gasteiger partial charge in [-0.3, -0.25) is 4.79 Å². The van der Waals surface area contributed by atoms with Gasteiger partial charge in [-0.15, -0.1) is 0 Å². The molecule has 0 radical (unpaired) electrons. The zero-order valence-electron chi connectivity index (χ0n) is 11.4. The lowest BCUT2D eigenvalue weighted by atomic mass is 9.88. The van der Waals surface area contributed by atoms with Crippen molar-refractivity contribution in [2.75, 3.05) is 0 Å². The normalized spacial score (nSPS) is 24.7.